The summed E-state index contributed by atoms with van der Waals surface area (Å²) in [5.41, 5.74) is 0.995. The van der Waals surface area contributed by atoms with Crippen LogP contribution >= 0.6 is 37.2 Å². The Balaban J connectivity index is 0.00000191. The highest BCUT2D eigenvalue weighted by molar-refractivity contribution is 15.0. The molecule has 0 N–H and O–H groups in total. The predicted octanol–water partition coefficient (Wildman–Crippen LogP) is 3.53. The van der Waals surface area contributed by atoms with Crippen LogP contribution in [0.1, 0.15) is 20.8 Å². The third kappa shape index (κ3) is 11.2. The van der Waals surface area contributed by atoms with Crippen LogP contribution in [0.4, 0.5) is 0 Å². The zero-order chi connectivity index (χ0) is 16.3. The van der Waals surface area contributed by atoms with Gasteiger partial charge in [0.1, 0.15) is 12.2 Å². The fourth-order valence-corrected chi connectivity index (χ4v) is 1.72. The van der Waals surface area contributed by atoms with Crippen molar-refractivity contribution in [3.63, 3.8) is 0 Å². The van der Waals surface area contributed by atoms with Gasteiger partial charge in [-0.25, -0.2) is 0 Å². The summed E-state index contributed by atoms with van der Waals surface area (Å²) in [4.78, 5) is 0. The van der Waals surface area contributed by atoms with E-state index in [-0.39, 0.29) is 12.2 Å². The maximum atomic E-state index is 5.65. The molecule has 0 bridgehead atoms. The van der Waals surface area contributed by atoms with Crippen LogP contribution in [-0.4, -0.2) is 58.1 Å². The highest BCUT2D eigenvalue weighted by Crippen LogP contribution is 2.22. The fourth-order valence-electron chi connectivity index (χ4n) is 1.72. The third-order valence-corrected chi connectivity index (χ3v) is 2.66. The van der Waals surface area contributed by atoms with Gasteiger partial charge in [-0.2, -0.15) is 0 Å². The third-order valence-electron chi connectivity index (χ3n) is 2.66. The first-order valence-corrected chi connectivity index (χ1v) is 13.0. The molecule has 2 atom stereocenters. The van der Waals surface area contributed by atoms with Crippen molar-refractivity contribution >= 4 is 37.2 Å². The van der Waals surface area contributed by atoms with Gasteiger partial charge in [0.25, 0.3) is 0 Å². The molecule has 0 saturated carbocycles. The lowest BCUT2D eigenvalue weighted by atomic mass is 10.3. The van der Waals surface area contributed by atoms with Gasteiger partial charge in [-0.05, 0) is 20.8 Å². The largest absolute Gasteiger partial charge is 0.377 e. The topological polar surface area (TPSA) is 46.2 Å². The Morgan fingerprint density at radius 3 is 2.43 bits per heavy atom. The summed E-state index contributed by atoms with van der Waals surface area (Å²) in [6.07, 6.45) is -0.0847. The van der Waals surface area contributed by atoms with Gasteiger partial charge in [0.2, 0.25) is 0 Å². The van der Waals surface area contributed by atoms with Gasteiger partial charge in [0.05, 0.1) is 33.0 Å². The number of hydrogen-bond acceptors (Lipinski definition) is 5. The van der Waals surface area contributed by atoms with Crippen LogP contribution in [0.5, 0.6) is 0 Å². The first-order valence-electron chi connectivity index (χ1n) is 6.71. The van der Waals surface area contributed by atoms with Gasteiger partial charge in [-0.1, -0.05) is 12.2 Å². The minimum Gasteiger partial charge on any atom is -0.377 e. The smallest absolute Gasteiger partial charge is 0.163 e. The molecule has 0 aromatic rings. The van der Waals surface area contributed by atoms with Crippen molar-refractivity contribution in [2.75, 3.05) is 40.1 Å². The van der Waals surface area contributed by atoms with E-state index < -0.39 is 5.79 Å². The van der Waals surface area contributed by atoms with E-state index in [0.29, 0.717) is 33.0 Å². The van der Waals surface area contributed by atoms with Crippen molar-refractivity contribution in [1.29, 1.82) is 0 Å². The van der Waals surface area contributed by atoms with Crippen molar-refractivity contribution in [3.8, 4) is 0 Å². The Bertz CT molecular complexity index is 287. The van der Waals surface area contributed by atoms with Gasteiger partial charge in [0, 0.05) is 44.3 Å². The van der Waals surface area contributed by atoms with E-state index in [1.165, 1.54) is 0 Å². The summed E-state index contributed by atoms with van der Waals surface area (Å²) in [5, 5.41) is 0. The zero-order valence-electron chi connectivity index (χ0n) is 13.2. The molecule has 126 valence electrons. The molecule has 0 spiro atoms. The molecule has 0 aliphatic carbocycles. The van der Waals surface area contributed by atoms with Crippen LogP contribution in [0.15, 0.2) is 12.2 Å². The minimum atomic E-state index is -0.501. The predicted molar refractivity (Wildman–Crippen MR) is 100 cm³/mol. The monoisotopic (exact) mass is 528 g/mol. The van der Waals surface area contributed by atoms with E-state index >= 15 is 0 Å². The normalized spacial score (nSPS) is 21.5. The second-order valence-corrected chi connectivity index (χ2v) is 5.32. The van der Waals surface area contributed by atoms with Crippen molar-refractivity contribution < 1.29 is 23.7 Å². The molecule has 1 saturated heterocycles. The summed E-state index contributed by atoms with van der Waals surface area (Å²) < 4.78 is 27.4. The van der Waals surface area contributed by atoms with E-state index in [2.05, 4.69) is 43.8 Å². The van der Waals surface area contributed by atoms with Crippen molar-refractivity contribution in [2.24, 2.45) is 0 Å². The van der Waals surface area contributed by atoms with Crippen LogP contribution in [0.3, 0.4) is 0 Å². The Morgan fingerprint density at radius 2 is 1.95 bits per heavy atom. The Labute approximate surface area is 151 Å². The average molecular weight is 528 g/mol. The van der Waals surface area contributed by atoms with E-state index in [0.717, 1.165) is 5.57 Å². The van der Waals surface area contributed by atoms with Crippen LogP contribution < -0.4 is 0 Å². The van der Waals surface area contributed by atoms with E-state index in [1.807, 2.05) is 20.8 Å². The van der Waals surface area contributed by atoms with Gasteiger partial charge in [-0.15, -0.1) is 0 Å². The second-order valence-electron chi connectivity index (χ2n) is 5.32. The second kappa shape index (κ2) is 12.4. The summed E-state index contributed by atoms with van der Waals surface area (Å²) in [7, 11) is 1.65. The zero-order valence-corrected chi connectivity index (χ0v) is 17.5. The lowest BCUT2D eigenvalue weighted by molar-refractivity contribution is -0.147. The summed E-state index contributed by atoms with van der Waals surface area (Å²) in [6, 6.07) is 0. The molecule has 1 rings (SSSR count). The van der Waals surface area contributed by atoms with Crippen LogP contribution in [0, 0.1) is 0 Å². The average Bonchev–Trinajstić information content (AvgIpc) is 2.78. The molecular formula is C14H26I2O5. The Morgan fingerprint density at radius 1 is 1.33 bits per heavy atom. The van der Waals surface area contributed by atoms with Crippen molar-refractivity contribution in [3.05, 3.63) is 12.2 Å². The molecule has 1 aliphatic heterocycles. The Hall–Kier alpha value is 1.00. The minimum absolute atomic E-state index is 0.0103. The van der Waals surface area contributed by atoms with Gasteiger partial charge < -0.3 is 23.7 Å². The van der Waals surface area contributed by atoms with E-state index in [4.69, 9.17) is 23.7 Å². The molecule has 1 aliphatic rings. The summed E-state index contributed by atoms with van der Waals surface area (Å²) in [6.45, 7) is 12.1. The SMILES string of the molecule is C=C(C)COCC(COCC1COC(C)(C)O1)OC.II. The van der Waals surface area contributed by atoms with Gasteiger partial charge >= 0.3 is 0 Å². The van der Waals surface area contributed by atoms with Crippen LogP contribution in [-0.2, 0) is 23.7 Å². The van der Waals surface area contributed by atoms with Crippen molar-refractivity contribution in [1.82, 2.24) is 0 Å². The first kappa shape index (κ1) is 22.0. The molecular weight excluding hydrogens is 502 g/mol. The molecule has 2 unspecified atom stereocenters. The molecule has 0 radical (unpaired) electrons. The number of methoxy groups -OCH3 is 1. The summed E-state index contributed by atoms with van der Waals surface area (Å²) >= 11 is 4.24. The fraction of sp³-hybridized carbons (Fsp3) is 0.857. The number of hydrogen-bond donors (Lipinski definition) is 0. The number of ether oxygens (including phenoxy) is 5. The molecule has 21 heavy (non-hydrogen) atoms. The number of halogens is 2. The van der Waals surface area contributed by atoms with Crippen LogP contribution in [0.2, 0.25) is 0 Å². The van der Waals surface area contributed by atoms with Gasteiger partial charge in [0.15, 0.2) is 5.79 Å². The molecule has 0 amide bonds. The number of rotatable bonds is 9. The highest BCUT2D eigenvalue weighted by atomic mass is 128. The van der Waals surface area contributed by atoms with E-state index in [9.17, 15) is 0 Å². The molecule has 0 aromatic heterocycles. The van der Waals surface area contributed by atoms with Gasteiger partial charge in [-0.3, -0.25) is 0 Å². The quantitative estimate of drug-likeness (QED) is 0.339. The molecule has 7 heteroatoms. The standard InChI is InChI=1S/C14H26O5.I2/c1-11(2)6-16-7-12(15-5)8-17-9-13-10-18-14(3,4)19-13;1-2/h12-13H,1,6-10H2,2-5H3;. The molecule has 1 heterocycles. The van der Waals surface area contributed by atoms with E-state index in [1.54, 1.807) is 7.11 Å². The molecule has 5 nitrogen and oxygen atoms in total. The summed E-state index contributed by atoms with van der Waals surface area (Å²) in [5.74, 6) is -0.501. The maximum Gasteiger partial charge on any atom is 0.163 e. The lowest BCUT2D eigenvalue weighted by Crippen LogP contribution is -2.29. The lowest BCUT2D eigenvalue weighted by Gasteiger charge is -2.19. The maximum absolute atomic E-state index is 5.65. The molecule has 1 fully saturated rings. The highest BCUT2D eigenvalue weighted by Gasteiger charge is 2.32. The molecule has 0 aromatic carbocycles. The van der Waals surface area contributed by atoms with Crippen molar-refractivity contribution in [2.45, 2.75) is 38.8 Å². The Kier molecular flexibility index (Phi) is 13.0. The first-order chi connectivity index (χ1) is 9.93. The van der Waals surface area contributed by atoms with Crippen LogP contribution in [0.25, 0.3) is 0 Å².